The third kappa shape index (κ3) is 37.8. The Morgan fingerprint density at radius 3 is 1.60 bits per heavy atom. The number of hydrogen-bond acceptors (Lipinski definition) is 25. The van der Waals surface area contributed by atoms with Crippen LogP contribution in [-0.4, -0.2) is 182 Å². The van der Waals surface area contributed by atoms with Gasteiger partial charge in [0.2, 0.25) is 20.0 Å². The van der Waals surface area contributed by atoms with Crippen molar-refractivity contribution >= 4 is 146 Å². The average Bonchev–Trinajstić information content (AvgIpc) is 0.758. The quantitative estimate of drug-likeness (QED) is 0.00958. The maximum Gasteiger partial charge on any atom is 0.412 e. The summed E-state index contributed by atoms with van der Waals surface area (Å²) in [5.41, 5.74) is 5.24. The molecule has 1 aliphatic rings. The number of carbonyl (C=O) groups is 3. The fourth-order valence-corrected chi connectivity index (χ4v) is 25.7. The Bertz CT molecular complexity index is 6640. The normalized spacial score (nSPS) is 12.3. The van der Waals surface area contributed by atoms with Crippen molar-refractivity contribution in [3.8, 4) is 28.7 Å². The van der Waals surface area contributed by atoms with Gasteiger partial charge in [-0.15, -0.1) is 0 Å². The second-order valence-corrected chi connectivity index (χ2v) is 47.9. The van der Waals surface area contributed by atoms with E-state index in [2.05, 4.69) is 60.3 Å². The zero-order valence-corrected chi connectivity index (χ0v) is 95.0. The summed E-state index contributed by atoms with van der Waals surface area (Å²) in [6.07, 6.45) is 28.9. The van der Waals surface area contributed by atoms with Crippen LogP contribution >= 0.6 is 23.2 Å². The highest BCUT2D eigenvalue weighted by Crippen LogP contribution is 2.43. The summed E-state index contributed by atoms with van der Waals surface area (Å²) in [4.78, 5) is 38.3. The first kappa shape index (κ1) is 125. The highest BCUT2D eigenvalue weighted by atomic mass is 35.5. The number of aryl methyl sites for hydroxylation is 5. The number of benzene rings is 9. The molecule has 2 amide bonds. The molecular weight excluding hydrogens is 2070 g/mol. The first-order valence-corrected chi connectivity index (χ1v) is 60.8. The smallest absolute Gasteiger partial charge is 0.412 e. The molecule has 11 N–H and O–H groups in total. The van der Waals surface area contributed by atoms with Crippen LogP contribution in [0.15, 0.2) is 169 Å². The topological polar surface area (TPSA) is 466 Å². The number of rotatable bonds is 58. The highest BCUT2D eigenvalue weighted by Gasteiger charge is 2.34. The van der Waals surface area contributed by atoms with Gasteiger partial charge >= 0.3 is 12.1 Å². The predicted octanol–water partition coefficient (Wildman–Crippen LogP) is 22.9. The molecule has 0 bridgehead atoms. The number of halogens is 2. The summed E-state index contributed by atoms with van der Waals surface area (Å²) in [6.45, 7) is 23.5. The highest BCUT2D eigenvalue weighted by molar-refractivity contribution is 7.95. The van der Waals surface area contributed by atoms with E-state index in [9.17, 15) is 80.2 Å². The Morgan fingerprint density at radius 1 is 0.470 bits per heavy atom. The number of carbonyl (C=O) groups excluding carboxylic acids is 3. The zero-order valence-electron chi connectivity index (χ0n) is 88.6. The molecule has 0 saturated heterocycles. The maximum absolute atomic E-state index is 13.5. The summed E-state index contributed by atoms with van der Waals surface area (Å²) in [7, 11) is -18.9. The van der Waals surface area contributed by atoms with Crippen molar-refractivity contribution in [2.45, 2.75) is 279 Å². The van der Waals surface area contributed by atoms with Crippen LogP contribution in [0.1, 0.15) is 263 Å². The van der Waals surface area contributed by atoms with Crippen molar-refractivity contribution in [3.05, 3.63) is 194 Å². The maximum atomic E-state index is 13.5. The van der Waals surface area contributed by atoms with Gasteiger partial charge in [-0.25, -0.2) is 64.8 Å². The van der Waals surface area contributed by atoms with Gasteiger partial charge in [-0.1, -0.05) is 241 Å². The number of esters is 1. The number of fused-ring (bicyclic) bond motifs is 3. The Kier molecular flexibility index (Phi) is 52.1. The van der Waals surface area contributed by atoms with Gasteiger partial charge in [-0.2, -0.15) is 4.31 Å². The molecule has 10 rings (SSSR count). The molecule has 1 heterocycles. The van der Waals surface area contributed by atoms with Gasteiger partial charge in [0.25, 0.3) is 46.0 Å². The van der Waals surface area contributed by atoms with E-state index in [-0.39, 0.29) is 121 Å². The molecule has 0 aromatic heterocycles. The number of ether oxygens (including phenoxy) is 5. The standard InChI is InChI=1S/C33H53N3O4S.C31H51N3O9S3.C25H28N2O5S.C19H22Cl2N2O5S/c1-6-9-11-13-14-16-20-27(19-15-12-10-7-2)26-34-33(37)29-21-17-18-22-32(29)41(38,39)35-30-24-23-28(36(4)8-3)25-31(30)40-5;1-5-6-7-8-9-10-11-12-13-16-19-32-44(36,37)28-17-14-15-18-29(28)45(38,39)33-27-24-26(2)31(35)30(25-27)46(40,41)34(20-22-42-3)21-23-43-4;1-3-4-13-32-25(29)20-15-19(14-16(2)24(20)28)27-33(30,31)21-9-5-7-17-10-11-18-8-6-12-26-23(18)22(17)21;1-5-6-22-19(25)28-15-8-10(2)7-11(3)18(15)29(26,27)23-14-9-13(20)17(24)16(21)12(14)4/h17-18,21-25,27,35H,6-16,19-20,26H2,1-5H3,(H,34,37);14-15,17-18,24-25,32-33,35H,5-13,16,19-23H2,1-4H3;5,7,9-11,14-15,26-28H,3-4,6,8,12-13H2,1-2H3;7-9,23-24H,5-6H2,1-4H3,(H,22,25). The van der Waals surface area contributed by atoms with Crippen molar-refractivity contribution in [1.29, 1.82) is 0 Å². The number of nitrogens with zero attached hydrogens (tertiary/aromatic N) is 2. The fraction of sp³-hybridized carbons (Fsp3) is 0.491. The molecule has 0 spiro atoms. The third-order valence-electron chi connectivity index (χ3n) is 25.1. The Balaban J connectivity index is 0.000000272. The molecule has 149 heavy (non-hydrogen) atoms. The van der Waals surface area contributed by atoms with Gasteiger partial charge in [0.15, 0.2) is 11.5 Å². The lowest BCUT2D eigenvalue weighted by atomic mass is 9.94. The summed E-state index contributed by atoms with van der Waals surface area (Å²) in [5.74, 6) is -1.44. The van der Waals surface area contributed by atoms with E-state index in [1.54, 1.807) is 69.3 Å². The lowest BCUT2D eigenvalue weighted by molar-refractivity contribution is 0.0495. The molecule has 0 aliphatic carbocycles. The third-order valence-corrected chi connectivity index (χ3v) is 35.2. The first-order valence-electron chi connectivity index (χ1n) is 51.2. The van der Waals surface area contributed by atoms with Crippen LogP contribution in [0.4, 0.5) is 38.9 Å². The van der Waals surface area contributed by atoms with Gasteiger partial charge in [0.05, 0.1) is 70.2 Å². The SMILES string of the molecule is CCCCCCCCC(CCCCCC)CNC(=O)c1ccccc1S(=O)(=O)Nc1ccc(N(C)CC)cc1OC.CCCCCCCCCCCCNS(=O)(=O)c1ccccc1S(=O)(=O)Nc1cc(C)c(O)c(S(=O)(=O)N(CCOC)CCOC)c1.CCCCOC(=O)c1cc(NS(=O)(=O)c2cccc3ccc4c(c23)NCCC4)cc(C)c1O.CCCNC(=O)Oc1cc(C)cc(C)c1S(=O)(=O)Nc1cc(Cl)c(O)c(Cl)c1C. The van der Waals surface area contributed by atoms with Crippen LogP contribution in [0, 0.1) is 40.5 Å². The minimum absolute atomic E-state index is 0.0337. The fourth-order valence-electron chi connectivity index (χ4n) is 16.7. The molecular formula is C108H154Cl2N10O23S6. The van der Waals surface area contributed by atoms with Crippen LogP contribution in [0.3, 0.4) is 0 Å². The van der Waals surface area contributed by atoms with Crippen molar-refractivity contribution in [3.63, 3.8) is 0 Å². The molecule has 0 fully saturated rings. The number of amides is 2. The van der Waals surface area contributed by atoms with Gasteiger partial charge in [0, 0.05) is 89.9 Å². The minimum atomic E-state index is -4.52. The largest absolute Gasteiger partial charge is 0.507 e. The van der Waals surface area contributed by atoms with Crippen molar-refractivity contribution in [2.75, 3.05) is 123 Å². The molecule has 1 unspecified atom stereocenters. The summed E-state index contributed by atoms with van der Waals surface area (Å²) in [5, 5.41) is 41.1. The first-order chi connectivity index (χ1) is 70.9. The second kappa shape index (κ2) is 61.9. The van der Waals surface area contributed by atoms with Crippen LogP contribution in [0.2, 0.25) is 10.0 Å². The number of phenolic OH excluding ortho intramolecular Hbond substituents is 3. The molecule has 41 heteroatoms. The van der Waals surface area contributed by atoms with E-state index >= 15 is 0 Å². The number of phenols is 3. The van der Waals surface area contributed by atoms with Crippen LogP contribution in [0.25, 0.3) is 10.8 Å². The van der Waals surface area contributed by atoms with Gasteiger partial charge in [0.1, 0.15) is 47.3 Å². The van der Waals surface area contributed by atoms with Crippen molar-refractivity contribution in [2.24, 2.45) is 5.92 Å². The lowest BCUT2D eigenvalue weighted by Crippen LogP contribution is -2.36. The molecule has 1 atom stereocenters. The van der Waals surface area contributed by atoms with E-state index < -0.39 is 92.6 Å². The average molecular weight is 2220 g/mol. The molecule has 1 aliphatic heterocycles. The minimum Gasteiger partial charge on any atom is -0.507 e. The zero-order chi connectivity index (χ0) is 110. The molecule has 0 saturated carbocycles. The summed E-state index contributed by atoms with van der Waals surface area (Å²) in [6, 6.07) is 35.5. The molecule has 0 radical (unpaired) electrons. The number of sulfonamides is 6. The van der Waals surface area contributed by atoms with Crippen LogP contribution < -0.4 is 53.9 Å². The van der Waals surface area contributed by atoms with E-state index in [0.717, 1.165) is 109 Å². The predicted molar refractivity (Wildman–Crippen MR) is 595 cm³/mol. The van der Waals surface area contributed by atoms with Gasteiger partial charge in [-0.05, 0) is 210 Å². The number of nitrogens with one attached hydrogen (secondary N) is 8. The molecule has 9 aromatic rings. The Hall–Kier alpha value is -10.4. The molecule has 33 nitrogen and oxygen atoms in total. The van der Waals surface area contributed by atoms with E-state index in [4.69, 9.17) is 46.9 Å². The monoisotopic (exact) mass is 2220 g/mol. The van der Waals surface area contributed by atoms with E-state index in [1.165, 1.54) is 192 Å². The Labute approximate surface area is 893 Å². The second-order valence-electron chi connectivity index (χ2n) is 36.9. The van der Waals surface area contributed by atoms with Gasteiger partial charge < -0.3 is 59.9 Å². The molecule has 9 aromatic carbocycles. The number of unbranched alkanes of at least 4 members (excludes halogenated alkanes) is 18. The number of anilines is 6. The molecule has 824 valence electrons. The number of aromatic hydroxyl groups is 3. The van der Waals surface area contributed by atoms with E-state index in [1.807, 2.05) is 57.0 Å². The van der Waals surface area contributed by atoms with E-state index in [0.29, 0.717) is 71.8 Å². The summed E-state index contributed by atoms with van der Waals surface area (Å²) < 4.78 is 200. The summed E-state index contributed by atoms with van der Waals surface area (Å²) >= 11 is 11.9. The van der Waals surface area contributed by atoms with Crippen LogP contribution in [-0.2, 0) is 80.8 Å². The van der Waals surface area contributed by atoms with Crippen molar-refractivity contribution in [1.82, 2.24) is 19.7 Å². The number of hydrogen-bond donors (Lipinski definition) is 11. The lowest BCUT2D eigenvalue weighted by Gasteiger charge is -2.23. The number of methoxy groups -OCH3 is 3. The Morgan fingerprint density at radius 2 is 1.01 bits per heavy atom. The van der Waals surface area contributed by atoms with Crippen molar-refractivity contribution < 1.29 is 104 Å². The van der Waals surface area contributed by atoms with Crippen LogP contribution in [0.5, 0.6) is 28.7 Å². The van der Waals surface area contributed by atoms with Gasteiger partial charge in [-0.3, -0.25) is 23.7 Å².